The Morgan fingerprint density at radius 1 is 1.20 bits per heavy atom. The first-order chi connectivity index (χ1) is 9.85. The second-order valence-corrected chi connectivity index (χ2v) is 5.31. The van der Waals surface area contributed by atoms with Crippen molar-refractivity contribution in [1.29, 1.82) is 0 Å². The highest BCUT2D eigenvalue weighted by atomic mass is 16.5. The van der Waals surface area contributed by atoms with Crippen LogP contribution in [-0.2, 0) is 11.3 Å². The average molecular weight is 271 g/mol. The third-order valence-corrected chi connectivity index (χ3v) is 3.84. The first-order valence-electron chi connectivity index (χ1n) is 7.24. The van der Waals surface area contributed by atoms with Gasteiger partial charge in [0.25, 0.3) is 0 Å². The summed E-state index contributed by atoms with van der Waals surface area (Å²) in [7, 11) is 1.70. The van der Waals surface area contributed by atoms with Crippen LogP contribution < -0.4 is 10.1 Å². The molecular weight excluding hydrogens is 250 g/mol. The van der Waals surface area contributed by atoms with Crippen molar-refractivity contribution in [2.24, 2.45) is 0 Å². The fourth-order valence-electron chi connectivity index (χ4n) is 2.69. The van der Waals surface area contributed by atoms with Gasteiger partial charge in [0.15, 0.2) is 0 Å². The molecular formula is C17H21NO2. The Balaban J connectivity index is 1.63. The van der Waals surface area contributed by atoms with E-state index in [1.807, 2.05) is 6.07 Å². The number of methoxy groups -OCH3 is 1. The Kier molecular flexibility index (Phi) is 4.19. The Bertz CT molecular complexity index is 576. The molecule has 1 aliphatic rings. The van der Waals surface area contributed by atoms with Crippen molar-refractivity contribution in [1.82, 2.24) is 5.32 Å². The van der Waals surface area contributed by atoms with Gasteiger partial charge in [0, 0.05) is 19.7 Å². The number of hydrogen-bond donors (Lipinski definition) is 1. The molecule has 2 aromatic rings. The van der Waals surface area contributed by atoms with Gasteiger partial charge >= 0.3 is 0 Å². The molecule has 0 amide bonds. The van der Waals surface area contributed by atoms with E-state index >= 15 is 0 Å². The van der Waals surface area contributed by atoms with Crippen LogP contribution in [0.5, 0.6) is 5.75 Å². The van der Waals surface area contributed by atoms with Crippen LogP contribution in [0.1, 0.15) is 18.4 Å². The van der Waals surface area contributed by atoms with Crippen LogP contribution in [-0.4, -0.2) is 26.4 Å². The minimum Gasteiger partial charge on any atom is -0.497 e. The zero-order chi connectivity index (χ0) is 13.8. The number of rotatable bonds is 5. The summed E-state index contributed by atoms with van der Waals surface area (Å²) in [6, 6.07) is 12.7. The van der Waals surface area contributed by atoms with Gasteiger partial charge in [-0.2, -0.15) is 0 Å². The number of benzene rings is 2. The molecule has 1 unspecified atom stereocenters. The van der Waals surface area contributed by atoms with Crippen molar-refractivity contribution in [3.05, 3.63) is 42.0 Å². The maximum Gasteiger partial charge on any atom is 0.119 e. The minimum absolute atomic E-state index is 0.403. The Hall–Kier alpha value is -1.58. The lowest BCUT2D eigenvalue weighted by atomic mass is 10.1. The maximum atomic E-state index is 5.61. The van der Waals surface area contributed by atoms with E-state index in [4.69, 9.17) is 9.47 Å². The van der Waals surface area contributed by atoms with Crippen molar-refractivity contribution < 1.29 is 9.47 Å². The van der Waals surface area contributed by atoms with Crippen molar-refractivity contribution in [3.8, 4) is 5.75 Å². The van der Waals surface area contributed by atoms with Gasteiger partial charge in [-0.25, -0.2) is 0 Å². The SMILES string of the molecule is COc1ccc2cc(CNCC3CCCO3)ccc2c1. The lowest BCUT2D eigenvalue weighted by molar-refractivity contribution is 0.110. The van der Waals surface area contributed by atoms with E-state index in [2.05, 4.69) is 35.6 Å². The highest BCUT2D eigenvalue weighted by molar-refractivity contribution is 5.84. The summed E-state index contributed by atoms with van der Waals surface area (Å²) in [6.45, 7) is 2.76. The molecule has 0 radical (unpaired) electrons. The van der Waals surface area contributed by atoms with Crippen LogP contribution in [0, 0.1) is 0 Å². The second kappa shape index (κ2) is 6.25. The number of ether oxygens (including phenoxy) is 2. The predicted octanol–water partition coefficient (Wildman–Crippen LogP) is 3.12. The maximum absolute atomic E-state index is 5.61. The van der Waals surface area contributed by atoms with Gasteiger partial charge in [-0.15, -0.1) is 0 Å². The normalized spacial score (nSPS) is 18.6. The highest BCUT2D eigenvalue weighted by Crippen LogP contribution is 2.21. The van der Waals surface area contributed by atoms with Crippen molar-refractivity contribution >= 4 is 10.8 Å². The lowest BCUT2D eigenvalue weighted by Gasteiger charge is -2.11. The molecule has 0 bridgehead atoms. The van der Waals surface area contributed by atoms with Gasteiger partial charge in [0.2, 0.25) is 0 Å². The Morgan fingerprint density at radius 2 is 2.05 bits per heavy atom. The molecule has 2 aromatic carbocycles. The first-order valence-corrected chi connectivity index (χ1v) is 7.24. The standard InChI is InChI=1S/C17H21NO2/c1-19-16-7-6-14-9-13(4-5-15(14)10-16)11-18-12-17-3-2-8-20-17/h4-7,9-10,17-18H,2-3,8,11-12H2,1H3. The molecule has 1 atom stereocenters. The monoisotopic (exact) mass is 271 g/mol. The molecule has 1 N–H and O–H groups in total. The molecule has 3 nitrogen and oxygen atoms in total. The van der Waals surface area contributed by atoms with Gasteiger partial charge in [-0.05, 0) is 47.4 Å². The fourth-order valence-corrected chi connectivity index (χ4v) is 2.69. The second-order valence-electron chi connectivity index (χ2n) is 5.31. The molecule has 106 valence electrons. The topological polar surface area (TPSA) is 30.5 Å². The number of nitrogens with one attached hydrogen (secondary N) is 1. The zero-order valence-corrected chi connectivity index (χ0v) is 11.9. The van der Waals surface area contributed by atoms with Gasteiger partial charge < -0.3 is 14.8 Å². The smallest absolute Gasteiger partial charge is 0.119 e. The molecule has 1 aliphatic heterocycles. The van der Waals surface area contributed by atoms with Crippen LogP contribution in [0.3, 0.4) is 0 Å². The van der Waals surface area contributed by atoms with E-state index in [0.717, 1.165) is 25.4 Å². The highest BCUT2D eigenvalue weighted by Gasteiger charge is 2.14. The largest absolute Gasteiger partial charge is 0.497 e. The van der Waals surface area contributed by atoms with Gasteiger partial charge in [0.1, 0.15) is 5.75 Å². The van der Waals surface area contributed by atoms with Gasteiger partial charge in [-0.3, -0.25) is 0 Å². The van der Waals surface area contributed by atoms with Crippen molar-refractivity contribution in [2.75, 3.05) is 20.3 Å². The number of fused-ring (bicyclic) bond motifs is 1. The van der Waals surface area contributed by atoms with Crippen molar-refractivity contribution in [2.45, 2.75) is 25.5 Å². The summed E-state index contributed by atoms with van der Waals surface area (Å²) < 4.78 is 10.9. The van der Waals surface area contributed by atoms with E-state index in [-0.39, 0.29) is 0 Å². The van der Waals surface area contributed by atoms with E-state index in [0.29, 0.717) is 6.10 Å². The van der Waals surface area contributed by atoms with Gasteiger partial charge in [0.05, 0.1) is 13.2 Å². The molecule has 0 aliphatic carbocycles. The van der Waals surface area contributed by atoms with E-state index in [1.54, 1.807) is 7.11 Å². The Morgan fingerprint density at radius 3 is 2.85 bits per heavy atom. The molecule has 1 heterocycles. The van der Waals surface area contributed by atoms with Crippen LogP contribution in [0.4, 0.5) is 0 Å². The molecule has 1 saturated heterocycles. The summed E-state index contributed by atoms with van der Waals surface area (Å²) in [4.78, 5) is 0. The predicted molar refractivity (Wildman–Crippen MR) is 81.2 cm³/mol. The van der Waals surface area contributed by atoms with Crippen LogP contribution in [0.15, 0.2) is 36.4 Å². The quantitative estimate of drug-likeness (QED) is 0.906. The average Bonchev–Trinajstić information content (AvgIpc) is 3.00. The molecule has 20 heavy (non-hydrogen) atoms. The minimum atomic E-state index is 0.403. The number of hydrogen-bond acceptors (Lipinski definition) is 3. The van der Waals surface area contributed by atoms with Crippen LogP contribution >= 0.6 is 0 Å². The molecule has 0 aromatic heterocycles. The third kappa shape index (κ3) is 3.11. The molecule has 1 fully saturated rings. The zero-order valence-electron chi connectivity index (χ0n) is 11.9. The first kappa shape index (κ1) is 13.4. The third-order valence-electron chi connectivity index (χ3n) is 3.84. The Labute approximate surface area is 119 Å². The summed E-state index contributed by atoms with van der Waals surface area (Å²) in [5, 5.41) is 5.95. The molecule has 0 saturated carbocycles. The summed E-state index contributed by atoms with van der Waals surface area (Å²) >= 11 is 0. The molecule has 3 rings (SSSR count). The lowest BCUT2D eigenvalue weighted by Crippen LogP contribution is -2.25. The summed E-state index contributed by atoms with van der Waals surface area (Å²) in [5.41, 5.74) is 1.31. The molecule has 3 heteroatoms. The van der Waals surface area contributed by atoms with Crippen LogP contribution in [0.25, 0.3) is 10.8 Å². The summed E-state index contributed by atoms with van der Waals surface area (Å²) in [6.07, 6.45) is 2.79. The molecule has 0 spiro atoms. The van der Waals surface area contributed by atoms with E-state index < -0.39 is 0 Å². The van der Waals surface area contributed by atoms with Gasteiger partial charge in [-0.1, -0.05) is 18.2 Å². The van der Waals surface area contributed by atoms with Crippen LogP contribution in [0.2, 0.25) is 0 Å². The summed E-state index contributed by atoms with van der Waals surface area (Å²) in [5.74, 6) is 0.904. The van der Waals surface area contributed by atoms with Crippen molar-refractivity contribution in [3.63, 3.8) is 0 Å². The van der Waals surface area contributed by atoms with E-state index in [1.165, 1.54) is 29.2 Å². The fraction of sp³-hybridized carbons (Fsp3) is 0.412. The van der Waals surface area contributed by atoms with E-state index in [9.17, 15) is 0 Å².